The highest BCUT2D eigenvalue weighted by atomic mass is 16.4. The van der Waals surface area contributed by atoms with Crippen molar-refractivity contribution >= 4 is 17.9 Å². The molecule has 0 aromatic rings. The minimum Gasteiger partial charge on any atom is -0.480 e. The van der Waals surface area contributed by atoms with Gasteiger partial charge in [0.1, 0.15) is 0 Å². The van der Waals surface area contributed by atoms with Crippen LogP contribution in [0.2, 0.25) is 0 Å². The standard InChI is InChI=1S/C14H25N3O4/c1-14(2,3)16-13(21)15-11(18)8-17(9-12(19)20)10-6-4-5-7-10/h10H,4-9H2,1-3H3,(H,19,20)(H2,15,16,18,21). The summed E-state index contributed by atoms with van der Waals surface area (Å²) in [5, 5.41) is 13.8. The fourth-order valence-corrected chi connectivity index (χ4v) is 2.48. The molecule has 7 heteroatoms. The largest absolute Gasteiger partial charge is 0.480 e. The zero-order chi connectivity index (χ0) is 16.0. The van der Waals surface area contributed by atoms with Crippen LogP contribution in [-0.4, -0.2) is 52.6 Å². The smallest absolute Gasteiger partial charge is 0.321 e. The fraction of sp³-hybridized carbons (Fsp3) is 0.786. The van der Waals surface area contributed by atoms with Crippen LogP contribution in [0.1, 0.15) is 46.5 Å². The minimum absolute atomic E-state index is 0.0749. The monoisotopic (exact) mass is 299 g/mol. The first-order chi connectivity index (χ1) is 9.67. The van der Waals surface area contributed by atoms with Crippen LogP contribution < -0.4 is 10.6 Å². The van der Waals surface area contributed by atoms with Crippen molar-refractivity contribution in [3.63, 3.8) is 0 Å². The minimum atomic E-state index is -0.964. The predicted octanol–water partition coefficient (Wildman–Crippen LogP) is 0.940. The Hall–Kier alpha value is -1.63. The van der Waals surface area contributed by atoms with E-state index in [2.05, 4.69) is 10.6 Å². The van der Waals surface area contributed by atoms with Crippen LogP contribution in [0.15, 0.2) is 0 Å². The van der Waals surface area contributed by atoms with Crippen molar-refractivity contribution in [2.24, 2.45) is 0 Å². The third-order valence-corrected chi connectivity index (χ3v) is 3.27. The van der Waals surface area contributed by atoms with Crippen molar-refractivity contribution in [1.82, 2.24) is 15.5 Å². The zero-order valence-electron chi connectivity index (χ0n) is 12.9. The van der Waals surface area contributed by atoms with Crippen LogP contribution in [-0.2, 0) is 9.59 Å². The second-order valence-electron chi connectivity index (χ2n) is 6.49. The molecular weight excluding hydrogens is 274 g/mol. The normalized spacial score (nSPS) is 16.0. The average molecular weight is 299 g/mol. The van der Waals surface area contributed by atoms with Crippen LogP contribution in [0.3, 0.4) is 0 Å². The maximum atomic E-state index is 11.9. The van der Waals surface area contributed by atoms with E-state index < -0.39 is 23.4 Å². The maximum Gasteiger partial charge on any atom is 0.321 e. The Bertz CT molecular complexity index is 398. The Morgan fingerprint density at radius 1 is 1.14 bits per heavy atom. The summed E-state index contributed by atoms with van der Waals surface area (Å²) in [7, 11) is 0. The summed E-state index contributed by atoms with van der Waals surface area (Å²) in [6, 6.07) is -0.452. The lowest BCUT2D eigenvalue weighted by Gasteiger charge is -2.26. The van der Waals surface area contributed by atoms with Crippen molar-refractivity contribution in [3.8, 4) is 0 Å². The Balaban J connectivity index is 2.51. The van der Waals surface area contributed by atoms with Crippen LogP contribution in [0, 0.1) is 0 Å². The molecule has 1 rings (SSSR count). The molecule has 21 heavy (non-hydrogen) atoms. The summed E-state index contributed by atoms with van der Waals surface area (Å²) in [5.41, 5.74) is -0.434. The van der Waals surface area contributed by atoms with Gasteiger partial charge in [-0.05, 0) is 33.6 Å². The van der Waals surface area contributed by atoms with Gasteiger partial charge in [0, 0.05) is 11.6 Å². The first-order valence-electron chi connectivity index (χ1n) is 7.25. The van der Waals surface area contributed by atoms with Crippen molar-refractivity contribution in [3.05, 3.63) is 0 Å². The number of amides is 3. The van der Waals surface area contributed by atoms with E-state index in [-0.39, 0.29) is 19.1 Å². The molecule has 0 unspecified atom stereocenters. The number of nitrogens with zero attached hydrogens (tertiary/aromatic N) is 1. The van der Waals surface area contributed by atoms with E-state index in [4.69, 9.17) is 5.11 Å². The molecule has 0 bridgehead atoms. The summed E-state index contributed by atoms with van der Waals surface area (Å²) in [4.78, 5) is 36.0. The number of rotatable bonds is 5. The van der Waals surface area contributed by atoms with Crippen LogP contribution in [0.4, 0.5) is 4.79 Å². The highest BCUT2D eigenvalue weighted by molar-refractivity contribution is 5.95. The molecule has 3 N–H and O–H groups in total. The first kappa shape index (κ1) is 17.4. The van der Waals surface area contributed by atoms with E-state index in [1.54, 1.807) is 4.90 Å². The number of hydrogen-bond acceptors (Lipinski definition) is 4. The second-order valence-corrected chi connectivity index (χ2v) is 6.49. The molecule has 0 radical (unpaired) electrons. The molecule has 0 spiro atoms. The molecule has 0 heterocycles. The van der Waals surface area contributed by atoms with E-state index >= 15 is 0 Å². The number of hydrogen-bond donors (Lipinski definition) is 3. The van der Waals surface area contributed by atoms with E-state index in [0.717, 1.165) is 25.7 Å². The van der Waals surface area contributed by atoms with Crippen molar-refractivity contribution in [2.45, 2.75) is 58.0 Å². The first-order valence-corrected chi connectivity index (χ1v) is 7.25. The topological polar surface area (TPSA) is 98.7 Å². The Morgan fingerprint density at radius 2 is 1.71 bits per heavy atom. The predicted molar refractivity (Wildman–Crippen MR) is 77.9 cm³/mol. The zero-order valence-corrected chi connectivity index (χ0v) is 12.9. The third-order valence-electron chi connectivity index (χ3n) is 3.27. The lowest BCUT2D eigenvalue weighted by molar-refractivity contribution is -0.139. The molecule has 1 fully saturated rings. The van der Waals surface area contributed by atoms with E-state index in [1.165, 1.54) is 0 Å². The third kappa shape index (κ3) is 7.08. The van der Waals surface area contributed by atoms with Gasteiger partial charge in [-0.1, -0.05) is 12.8 Å². The number of carboxylic acids is 1. The number of carboxylic acid groups (broad SMARTS) is 1. The van der Waals surface area contributed by atoms with Gasteiger partial charge in [0.05, 0.1) is 13.1 Å². The molecule has 0 aliphatic heterocycles. The summed E-state index contributed by atoms with van der Waals surface area (Å²) < 4.78 is 0. The quantitative estimate of drug-likeness (QED) is 0.701. The summed E-state index contributed by atoms with van der Waals surface area (Å²) in [5.74, 6) is -1.45. The van der Waals surface area contributed by atoms with Gasteiger partial charge in [0.25, 0.3) is 0 Å². The molecule has 1 aliphatic rings. The van der Waals surface area contributed by atoms with Gasteiger partial charge in [-0.2, -0.15) is 0 Å². The van der Waals surface area contributed by atoms with Crippen LogP contribution >= 0.6 is 0 Å². The molecule has 1 saturated carbocycles. The number of imide groups is 1. The van der Waals surface area contributed by atoms with Crippen molar-refractivity contribution in [2.75, 3.05) is 13.1 Å². The molecule has 0 aromatic heterocycles. The second kappa shape index (κ2) is 7.40. The van der Waals surface area contributed by atoms with Crippen LogP contribution in [0.5, 0.6) is 0 Å². The van der Waals surface area contributed by atoms with Gasteiger partial charge >= 0.3 is 12.0 Å². The van der Waals surface area contributed by atoms with Gasteiger partial charge < -0.3 is 10.4 Å². The van der Waals surface area contributed by atoms with Gasteiger partial charge in [0.15, 0.2) is 0 Å². The highest BCUT2D eigenvalue weighted by Gasteiger charge is 2.26. The number of nitrogens with one attached hydrogen (secondary N) is 2. The summed E-state index contributed by atoms with van der Waals surface area (Å²) in [6.45, 7) is 5.18. The molecule has 0 atom stereocenters. The number of aliphatic carboxylic acids is 1. The molecule has 3 amide bonds. The molecule has 0 aromatic carbocycles. The molecule has 1 aliphatic carbocycles. The Labute approximate surface area is 125 Å². The summed E-state index contributed by atoms with van der Waals surface area (Å²) >= 11 is 0. The van der Waals surface area contributed by atoms with Gasteiger partial charge in [-0.3, -0.25) is 19.8 Å². The number of carbonyl (C=O) groups is 3. The Kier molecular flexibility index (Phi) is 6.14. The van der Waals surface area contributed by atoms with Crippen molar-refractivity contribution < 1.29 is 19.5 Å². The molecule has 0 saturated heterocycles. The highest BCUT2D eigenvalue weighted by Crippen LogP contribution is 2.23. The Morgan fingerprint density at radius 3 is 2.19 bits per heavy atom. The molecule has 120 valence electrons. The maximum absolute atomic E-state index is 11.9. The van der Waals surface area contributed by atoms with E-state index in [1.807, 2.05) is 20.8 Å². The fourth-order valence-electron chi connectivity index (χ4n) is 2.48. The lowest BCUT2D eigenvalue weighted by Crippen LogP contribution is -2.51. The lowest BCUT2D eigenvalue weighted by atomic mass is 10.1. The SMILES string of the molecule is CC(C)(C)NC(=O)NC(=O)CN(CC(=O)O)C1CCCC1. The van der Waals surface area contributed by atoms with Gasteiger partial charge in [0.2, 0.25) is 5.91 Å². The average Bonchev–Trinajstić information content (AvgIpc) is 2.76. The summed E-state index contributed by atoms with van der Waals surface area (Å²) in [6.07, 6.45) is 3.89. The molecule has 7 nitrogen and oxygen atoms in total. The van der Waals surface area contributed by atoms with Gasteiger partial charge in [-0.15, -0.1) is 0 Å². The van der Waals surface area contributed by atoms with E-state index in [9.17, 15) is 14.4 Å². The van der Waals surface area contributed by atoms with Crippen molar-refractivity contribution in [1.29, 1.82) is 0 Å². The molecular formula is C14H25N3O4. The number of carbonyl (C=O) groups excluding carboxylic acids is 2. The van der Waals surface area contributed by atoms with Gasteiger partial charge in [-0.25, -0.2) is 4.79 Å². The van der Waals surface area contributed by atoms with Crippen LogP contribution in [0.25, 0.3) is 0 Å². The van der Waals surface area contributed by atoms with E-state index in [0.29, 0.717) is 0 Å². The number of urea groups is 1.